The van der Waals surface area contributed by atoms with Crippen molar-refractivity contribution in [1.29, 1.82) is 0 Å². The van der Waals surface area contributed by atoms with Crippen LogP contribution in [0.1, 0.15) is 27.2 Å². The van der Waals surface area contributed by atoms with E-state index in [1.165, 1.54) is 6.42 Å². The number of hydrogen-bond acceptors (Lipinski definition) is 5. The van der Waals surface area contributed by atoms with Gasteiger partial charge >= 0.3 is 0 Å². The molecule has 1 aliphatic heterocycles. The fourth-order valence-electron chi connectivity index (χ4n) is 2.91. The number of piperazine rings is 1. The first kappa shape index (κ1) is 16.9. The van der Waals surface area contributed by atoms with Crippen LogP contribution in [0.15, 0.2) is 0 Å². The molecular weight excluding hydrogens is 242 g/mol. The van der Waals surface area contributed by atoms with Crippen LogP contribution in [0.4, 0.5) is 0 Å². The van der Waals surface area contributed by atoms with Crippen molar-refractivity contribution in [2.45, 2.75) is 45.1 Å². The maximum atomic E-state index is 6.00. The summed E-state index contributed by atoms with van der Waals surface area (Å²) in [7, 11) is 3.36. The monoisotopic (exact) mass is 273 g/mol. The van der Waals surface area contributed by atoms with Gasteiger partial charge in [-0.15, -0.1) is 0 Å². The minimum atomic E-state index is -0.285. The second kappa shape index (κ2) is 7.55. The lowest BCUT2D eigenvalue weighted by Crippen LogP contribution is -2.65. The molecule has 0 aliphatic carbocycles. The highest BCUT2D eigenvalue weighted by Gasteiger charge is 2.41. The molecule has 2 N–H and O–H groups in total. The van der Waals surface area contributed by atoms with E-state index in [-0.39, 0.29) is 11.8 Å². The van der Waals surface area contributed by atoms with Crippen molar-refractivity contribution in [3.8, 4) is 0 Å². The number of ether oxygens (including phenoxy) is 2. The van der Waals surface area contributed by atoms with Gasteiger partial charge in [0, 0.05) is 53.0 Å². The lowest BCUT2D eigenvalue weighted by Gasteiger charge is -2.48. The van der Waals surface area contributed by atoms with Gasteiger partial charge < -0.3 is 15.2 Å². The molecule has 19 heavy (non-hydrogen) atoms. The quantitative estimate of drug-likeness (QED) is 0.693. The highest BCUT2D eigenvalue weighted by atomic mass is 16.7. The molecule has 1 saturated heterocycles. The highest BCUT2D eigenvalue weighted by Crippen LogP contribution is 2.24. The zero-order valence-corrected chi connectivity index (χ0v) is 13.2. The van der Waals surface area contributed by atoms with Crippen LogP contribution in [0, 0.1) is 0 Å². The first-order valence-electron chi connectivity index (χ1n) is 7.28. The van der Waals surface area contributed by atoms with Crippen molar-refractivity contribution in [3.63, 3.8) is 0 Å². The molecule has 0 saturated carbocycles. The molecule has 2 atom stereocenters. The normalized spacial score (nSPS) is 23.5. The van der Waals surface area contributed by atoms with E-state index in [0.29, 0.717) is 12.6 Å². The smallest absolute Gasteiger partial charge is 0.176 e. The van der Waals surface area contributed by atoms with Gasteiger partial charge in [0.15, 0.2) is 6.29 Å². The molecule has 2 unspecified atom stereocenters. The maximum absolute atomic E-state index is 6.00. The lowest BCUT2D eigenvalue weighted by atomic mass is 9.97. The Kier molecular flexibility index (Phi) is 6.69. The standard InChI is InChI=1S/C14H31N3O2/c1-6-12(2)16-7-9-17(10-8-16)14(3,11-15)13(18-4)19-5/h12-13H,6-11,15H2,1-5H3. The summed E-state index contributed by atoms with van der Waals surface area (Å²) in [6.45, 7) is 11.4. The fourth-order valence-corrected chi connectivity index (χ4v) is 2.91. The summed E-state index contributed by atoms with van der Waals surface area (Å²) >= 11 is 0. The van der Waals surface area contributed by atoms with Crippen LogP contribution >= 0.6 is 0 Å². The molecule has 5 nitrogen and oxygen atoms in total. The summed E-state index contributed by atoms with van der Waals surface area (Å²) in [6, 6.07) is 0.659. The molecule has 0 spiro atoms. The molecule has 114 valence electrons. The average Bonchev–Trinajstić information content (AvgIpc) is 2.47. The summed E-state index contributed by atoms with van der Waals surface area (Å²) in [5, 5.41) is 0. The van der Waals surface area contributed by atoms with Crippen molar-refractivity contribution in [2.24, 2.45) is 5.73 Å². The number of nitrogens with zero attached hydrogens (tertiary/aromatic N) is 2. The fraction of sp³-hybridized carbons (Fsp3) is 1.00. The summed E-state index contributed by atoms with van der Waals surface area (Å²) in [5.74, 6) is 0. The zero-order chi connectivity index (χ0) is 14.5. The average molecular weight is 273 g/mol. The molecule has 0 bridgehead atoms. The summed E-state index contributed by atoms with van der Waals surface area (Å²) < 4.78 is 10.9. The Labute approximate surface area is 118 Å². The third kappa shape index (κ3) is 3.67. The minimum Gasteiger partial charge on any atom is -0.354 e. The number of nitrogens with two attached hydrogens (primary N) is 1. The van der Waals surface area contributed by atoms with E-state index in [4.69, 9.17) is 15.2 Å². The molecule has 1 heterocycles. The maximum Gasteiger partial charge on any atom is 0.176 e. The van der Waals surface area contributed by atoms with Gasteiger partial charge in [0.25, 0.3) is 0 Å². The van der Waals surface area contributed by atoms with E-state index < -0.39 is 0 Å². The Morgan fingerprint density at radius 3 is 2.05 bits per heavy atom. The van der Waals surface area contributed by atoms with Gasteiger partial charge in [0.2, 0.25) is 0 Å². The van der Waals surface area contributed by atoms with Crippen LogP contribution in [0.2, 0.25) is 0 Å². The van der Waals surface area contributed by atoms with Crippen LogP contribution in [-0.2, 0) is 9.47 Å². The topological polar surface area (TPSA) is 51.0 Å². The minimum absolute atomic E-state index is 0.259. The SMILES string of the molecule is CCC(C)N1CCN(C(C)(CN)C(OC)OC)CC1. The summed E-state index contributed by atoms with van der Waals surface area (Å²) in [4.78, 5) is 4.95. The lowest BCUT2D eigenvalue weighted by molar-refractivity contribution is -0.186. The molecule has 0 radical (unpaired) electrons. The van der Waals surface area contributed by atoms with E-state index in [1.807, 2.05) is 0 Å². The van der Waals surface area contributed by atoms with Crippen LogP contribution in [0.25, 0.3) is 0 Å². The molecule has 0 aromatic heterocycles. The van der Waals surface area contributed by atoms with Gasteiger partial charge in [0.1, 0.15) is 0 Å². The van der Waals surface area contributed by atoms with E-state index in [2.05, 4.69) is 30.6 Å². The van der Waals surface area contributed by atoms with Crippen LogP contribution in [-0.4, -0.2) is 74.6 Å². The Morgan fingerprint density at radius 1 is 1.16 bits per heavy atom. The Bertz CT molecular complexity index is 253. The predicted octanol–water partition coefficient (Wildman–Crippen LogP) is 0.739. The van der Waals surface area contributed by atoms with E-state index in [9.17, 15) is 0 Å². The van der Waals surface area contributed by atoms with Gasteiger partial charge in [-0.1, -0.05) is 6.92 Å². The van der Waals surface area contributed by atoms with Crippen molar-refractivity contribution >= 4 is 0 Å². The predicted molar refractivity (Wildman–Crippen MR) is 78.2 cm³/mol. The van der Waals surface area contributed by atoms with Gasteiger partial charge in [-0.2, -0.15) is 0 Å². The first-order valence-corrected chi connectivity index (χ1v) is 7.28. The number of hydrogen-bond donors (Lipinski definition) is 1. The van der Waals surface area contributed by atoms with Gasteiger partial charge in [0.05, 0.1) is 5.54 Å². The third-order valence-corrected chi connectivity index (χ3v) is 4.60. The molecule has 1 fully saturated rings. The molecule has 1 aliphatic rings. The first-order chi connectivity index (χ1) is 9.03. The summed E-state index contributed by atoms with van der Waals surface area (Å²) in [5.41, 5.74) is 5.74. The van der Waals surface area contributed by atoms with E-state index in [1.54, 1.807) is 14.2 Å². The van der Waals surface area contributed by atoms with Crippen molar-refractivity contribution in [3.05, 3.63) is 0 Å². The highest BCUT2D eigenvalue weighted by molar-refractivity contribution is 4.93. The number of rotatable bonds is 7. The van der Waals surface area contributed by atoms with Crippen LogP contribution in [0.3, 0.4) is 0 Å². The van der Waals surface area contributed by atoms with Crippen LogP contribution in [0.5, 0.6) is 0 Å². The van der Waals surface area contributed by atoms with Gasteiger partial charge in [-0.25, -0.2) is 0 Å². The molecule has 5 heteroatoms. The largest absolute Gasteiger partial charge is 0.354 e. The van der Waals surface area contributed by atoms with Crippen molar-refractivity contribution in [2.75, 3.05) is 46.9 Å². The third-order valence-electron chi connectivity index (χ3n) is 4.60. The van der Waals surface area contributed by atoms with E-state index >= 15 is 0 Å². The Balaban J connectivity index is 2.65. The summed E-state index contributed by atoms with van der Waals surface area (Å²) in [6.07, 6.45) is 0.917. The van der Waals surface area contributed by atoms with Crippen molar-refractivity contribution < 1.29 is 9.47 Å². The van der Waals surface area contributed by atoms with Crippen LogP contribution < -0.4 is 5.73 Å². The molecule has 0 aromatic rings. The Morgan fingerprint density at radius 2 is 1.68 bits per heavy atom. The van der Waals surface area contributed by atoms with Gasteiger partial charge in [-0.3, -0.25) is 9.80 Å². The molecule has 0 amide bonds. The molecule has 0 aromatic carbocycles. The number of methoxy groups -OCH3 is 2. The van der Waals surface area contributed by atoms with Gasteiger partial charge in [-0.05, 0) is 20.3 Å². The molecule has 1 rings (SSSR count). The second-order valence-electron chi connectivity index (χ2n) is 5.64. The zero-order valence-electron chi connectivity index (χ0n) is 13.2. The van der Waals surface area contributed by atoms with E-state index in [0.717, 1.165) is 26.2 Å². The second-order valence-corrected chi connectivity index (χ2v) is 5.64. The molecular formula is C14H31N3O2. The van der Waals surface area contributed by atoms with Crippen molar-refractivity contribution in [1.82, 2.24) is 9.80 Å². The Hall–Kier alpha value is -0.200.